The smallest absolute Gasteiger partial charge is 0.306 e. The van der Waals surface area contributed by atoms with Gasteiger partial charge in [0, 0.05) is 19.3 Å². The third kappa shape index (κ3) is 46.5. The number of hydrogen-bond acceptors (Lipinski definition) is 6. The quantitative estimate of drug-likeness (QED) is 0.0201. The van der Waals surface area contributed by atoms with Crippen molar-refractivity contribution in [3.05, 3.63) is 134 Å². The van der Waals surface area contributed by atoms with Crippen molar-refractivity contribution in [2.75, 3.05) is 13.2 Å². The molecule has 0 rings (SSSR count). The minimum absolute atomic E-state index is 0.135. The lowest BCUT2D eigenvalue weighted by Crippen LogP contribution is -2.30. The zero-order valence-corrected chi connectivity index (χ0v) is 38.6. The van der Waals surface area contributed by atoms with E-state index in [1.54, 1.807) is 0 Å². The number of rotatable bonds is 40. The van der Waals surface area contributed by atoms with E-state index in [9.17, 15) is 14.4 Å². The Bertz CT molecular complexity index is 1380. The van der Waals surface area contributed by atoms with Crippen LogP contribution in [0.15, 0.2) is 134 Å². The van der Waals surface area contributed by atoms with Gasteiger partial charge in [-0.25, -0.2) is 0 Å². The average Bonchev–Trinajstić information content (AvgIpc) is 3.26. The van der Waals surface area contributed by atoms with Gasteiger partial charge < -0.3 is 14.2 Å². The molecule has 6 nitrogen and oxygen atoms in total. The summed E-state index contributed by atoms with van der Waals surface area (Å²) >= 11 is 0. The highest BCUT2D eigenvalue weighted by molar-refractivity contribution is 5.71. The van der Waals surface area contributed by atoms with Crippen LogP contribution in [0.25, 0.3) is 0 Å². The summed E-state index contributed by atoms with van der Waals surface area (Å²) in [5.41, 5.74) is 0. The fraction of sp³-hybridized carbons (Fsp3) is 0.545. The Morgan fingerprint density at radius 1 is 0.361 bits per heavy atom. The highest BCUT2D eigenvalue weighted by Crippen LogP contribution is 2.10. The summed E-state index contributed by atoms with van der Waals surface area (Å²) in [6, 6.07) is 0. The summed E-state index contributed by atoms with van der Waals surface area (Å²) in [7, 11) is 0. The Morgan fingerprint density at radius 2 is 0.738 bits per heavy atom. The first kappa shape index (κ1) is 56.5. The van der Waals surface area contributed by atoms with Crippen molar-refractivity contribution in [1.82, 2.24) is 0 Å². The van der Waals surface area contributed by atoms with Crippen LogP contribution in [0, 0.1) is 0 Å². The third-order valence-electron chi connectivity index (χ3n) is 9.28. The predicted octanol–water partition coefficient (Wildman–Crippen LogP) is 15.5. The van der Waals surface area contributed by atoms with E-state index in [1.165, 1.54) is 44.9 Å². The van der Waals surface area contributed by atoms with Crippen LogP contribution in [0.3, 0.4) is 0 Å². The molecule has 0 bridgehead atoms. The number of esters is 3. The van der Waals surface area contributed by atoms with Crippen LogP contribution in [0.2, 0.25) is 0 Å². The van der Waals surface area contributed by atoms with Crippen LogP contribution in [0.5, 0.6) is 0 Å². The first-order chi connectivity index (χ1) is 30.0. The maximum absolute atomic E-state index is 12.7. The Labute approximate surface area is 373 Å². The minimum atomic E-state index is -0.839. The topological polar surface area (TPSA) is 78.9 Å². The molecule has 0 spiro atoms. The van der Waals surface area contributed by atoms with Crippen molar-refractivity contribution in [3.8, 4) is 0 Å². The van der Waals surface area contributed by atoms with Crippen LogP contribution in [0.4, 0.5) is 0 Å². The normalized spacial score (nSPS) is 13.3. The zero-order chi connectivity index (χ0) is 44.4. The summed E-state index contributed by atoms with van der Waals surface area (Å²) in [6.45, 7) is 6.21. The van der Waals surface area contributed by atoms with Gasteiger partial charge in [-0.05, 0) is 96.3 Å². The lowest BCUT2D eigenvalue weighted by atomic mass is 10.1. The van der Waals surface area contributed by atoms with Gasteiger partial charge >= 0.3 is 17.9 Å². The number of ether oxygens (including phenoxy) is 3. The molecule has 0 N–H and O–H groups in total. The van der Waals surface area contributed by atoms with E-state index in [-0.39, 0.29) is 44.4 Å². The Kier molecular flexibility index (Phi) is 44.7. The lowest BCUT2D eigenvalue weighted by molar-refractivity contribution is -0.167. The van der Waals surface area contributed by atoms with Crippen LogP contribution < -0.4 is 0 Å². The van der Waals surface area contributed by atoms with E-state index < -0.39 is 12.1 Å². The molecule has 0 fully saturated rings. The van der Waals surface area contributed by atoms with Gasteiger partial charge in [0.25, 0.3) is 0 Å². The SMILES string of the molecule is CC\C=C/C=C\C=C/C=C\C=C\C=C/CCCCCC(=O)OCC(COC(=O)CCCC/C=C\C/C=C\CC)OC(=O)CCC/C=C\C/C=C\C/C=C\CCCCCCCC. The monoisotopic (exact) mass is 841 g/mol. The fourth-order valence-electron chi connectivity index (χ4n) is 5.76. The van der Waals surface area contributed by atoms with E-state index in [2.05, 4.69) is 93.7 Å². The Hall–Kier alpha value is -4.45. The van der Waals surface area contributed by atoms with Crippen LogP contribution in [0.1, 0.15) is 175 Å². The van der Waals surface area contributed by atoms with Crippen molar-refractivity contribution < 1.29 is 28.6 Å². The Balaban J connectivity index is 4.58. The van der Waals surface area contributed by atoms with E-state index in [0.29, 0.717) is 19.3 Å². The molecule has 0 aromatic rings. The van der Waals surface area contributed by atoms with E-state index in [0.717, 1.165) is 70.6 Å². The molecule has 0 heterocycles. The molecular weight excluding hydrogens is 757 g/mol. The number of hydrogen-bond donors (Lipinski definition) is 0. The molecule has 1 unspecified atom stereocenters. The molecular formula is C55H84O6. The molecule has 6 heteroatoms. The van der Waals surface area contributed by atoms with Gasteiger partial charge in [0.2, 0.25) is 0 Å². The second kappa shape index (κ2) is 48.2. The molecule has 0 aromatic carbocycles. The molecule has 0 aliphatic heterocycles. The van der Waals surface area contributed by atoms with E-state index in [4.69, 9.17) is 14.2 Å². The summed E-state index contributed by atoms with van der Waals surface area (Å²) in [6.07, 6.45) is 67.4. The van der Waals surface area contributed by atoms with Crippen molar-refractivity contribution in [3.63, 3.8) is 0 Å². The van der Waals surface area contributed by atoms with Crippen LogP contribution >= 0.6 is 0 Å². The molecule has 0 radical (unpaired) electrons. The Morgan fingerprint density at radius 3 is 1.28 bits per heavy atom. The van der Waals surface area contributed by atoms with Gasteiger partial charge in [-0.15, -0.1) is 0 Å². The maximum Gasteiger partial charge on any atom is 0.306 e. The molecule has 0 saturated carbocycles. The van der Waals surface area contributed by atoms with Gasteiger partial charge in [-0.3, -0.25) is 14.4 Å². The molecule has 0 saturated heterocycles. The minimum Gasteiger partial charge on any atom is -0.462 e. The molecule has 0 amide bonds. The fourth-order valence-corrected chi connectivity index (χ4v) is 5.76. The average molecular weight is 841 g/mol. The second-order valence-electron chi connectivity index (χ2n) is 15.0. The molecule has 340 valence electrons. The third-order valence-corrected chi connectivity index (χ3v) is 9.28. The van der Waals surface area contributed by atoms with Gasteiger partial charge in [0.1, 0.15) is 13.2 Å². The van der Waals surface area contributed by atoms with Gasteiger partial charge in [0.05, 0.1) is 0 Å². The van der Waals surface area contributed by atoms with Crippen molar-refractivity contribution in [2.45, 2.75) is 181 Å². The van der Waals surface area contributed by atoms with Crippen molar-refractivity contribution in [2.24, 2.45) is 0 Å². The summed E-state index contributed by atoms with van der Waals surface area (Å²) in [5.74, 6) is -1.08. The highest BCUT2D eigenvalue weighted by Gasteiger charge is 2.19. The molecule has 0 aliphatic rings. The highest BCUT2D eigenvalue weighted by atomic mass is 16.6. The van der Waals surface area contributed by atoms with Crippen molar-refractivity contribution >= 4 is 17.9 Å². The van der Waals surface area contributed by atoms with Crippen molar-refractivity contribution in [1.29, 1.82) is 0 Å². The summed E-state index contributed by atoms with van der Waals surface area (Å²) in [5, 5.41) is 0. The summed E-state index contributed by atoms with van der Waals surface area (Å²) in [4.78, 5) is 37.7. The molecule has 61 heavy (non-hydrogen) atoms. The van der Waals surface area contributed by atoms with Gasteiger partial charge in [-0.2, -0.15) is 0 Å². The number of allylic oxidation sites excluding steroid dienone is 22. The van der Waals surface area contributed by atoms with Crippen LogP contribution in [-0.2, 0) is 28.6 Å². The van der Waals surface area contributed by atoms with Gasteiger partial charge in [-0.1, -0.05) is 193 Å². The standard InChI is InChI=1S/C55H84O6/c1-4-7-10-13-16-19-21-23-25-27-29-31-33-36-39-42-45-48-54(57)60-51-52(50-59-53(56)47-44-41-38-35-18-15-12-9-6-3)61-55(58)49-46-43-40-37-34-32-30-28-26-24-22-20-17-14-11-8-5-2/h7,9-10,12-13,16,18-19,21,23-27,29-33,35,37,40,52H,4-6,8,11,14-15,17,20,22,28,34,36,38-39,41-51H2,1-3H3/b10-7-,12-9-,16-13-,21-19-,25-23-,26-24-,29-27+,32-30-,33-31-,35-18-,40-37-. The lowest BCUT2D eigenvalue weighted by Gasteiger charge is -2.18. The van der Waals surface area contributed by atoms with Crippen LogP contribution in [-0.4, -0.2) is 37.2 Å². The molecule has 0 aromatic heterocycles. The summed E-state index contributed by atoms with van der Waals surface area (Å²) < 4.78 is 16.6. The van der Waals surface area contributed by atoms with E-state index in [1.807, 2.05) is 60.8 Å². The molecule has 1 atom stereocenters. The predicted molar refractivity (Wildman–Crippen MR) is 260 cm³/mol. The maximum atomic E-state index is 12.7. The molecule has 0 aliphatic carbocycles. The first-order valence-corrected chi connectivity index (χ1v) is 23.8. The number of carbonyl (C=O) groups excluding carboxylic acids is 3. The second-order valence-corrected chi connectivity index (χ2v) is 15.0. The largest absolute Gasteiger partial charge is 0.462 e. The zero-order valence-electron chi connectivity index (χ0n) is 38.6. The van der Waals surface area contributed by atoms with Gasteiger partial charge in [0.15, 0.2) is 6.10 Å². The van der Waals surface area contributed by atoms with E-state index >= 15 is 0 Å². The number of carbonyl (C=O) groups is 3. The first-order valence-electron chi connectivity index (χ1n) is 23.8. The number of unbranched alkanes of at least 4 members (excludes halogenated alkanes) is 12.